The first-order valence-corrected chi connectivity index (χ1v) is 5.48. The monoisotopic (exact) mass is 183 g/mol. The second-order valence-electron chi connectivity index (χ2n) is 2.48. The lowest BCUT2D eigenvalue weighted by atomic mass is 10.3. The first-order valence-electron chi connectivity index (χ1n) is 3.92. The molecule has 0 aliphatic carbocycles. The van der Waals surface area contributed by atoms with Crippen molar-refractivity contribution in [3.8, 4) is 0 Å². The van der Waals surface area contributed by atoms with Gasteiger partial charge in [-0.2, -0.15) is 0 Å². The highest BCUT2D eigenvalue weighted by atomic mass is 32.2. The molecule has 2 nitrogen and oxygen atoms in total. The second-order valence-corrected chi connectivity index (χ2v) is 3.83. The molecule has 0 heterocycles. The number of para-hydroxylation sites is 1. The van der Waals surface area contributed by atoms with Crippen LogP contribution in [0.2, 0.25) is 0 Å². The van der Waals surface area contributed by atoms with Gasteiger partial charge in [0.25, 0.3) is 0 Å². The summed E-state index contributed by atoms with van der Waals surface area (Å²) in [6.07, 6.45) is 1.69. The summed E-state index contributed by atoms with van der Waals surface area (Å²) in [7, 11) is -0.904. The molecular weight excluding hydrogens is 170 g/mol. The molecule has 1 atom stereocenters. The minimum Gasteiger partial charge on any atom is -0.384 e. The maximum atomic E-state index is 11.2. The smallest absolute Gasteiger partial charge is 0.0616 e. The zero-order chi connectivity index (χ0) is 8.97. The van der Waals surface area contributed by atoms with E-state index in [9.17, 15) is 4.21 Å². The van der Waals surface area contributed by atoms with Crippen molar-refractivity contribution in [1.82, 2.24) is 0 Å². The van der Waals surface area contributed by atoms with E-state index in [2.05, 4.69) is 5.32 Å². The fourth-order valence-corrected chi connectivity index (χ4v) is 1.77. The van der Waals surface area contributed by atoms with Gasteiger partial charge in [0, 0.05) is 12.8 Å². The van der Waals surface area contributed by atoms with Gasteiger partial charge >= 0.3 is 0 Å². The predicted molar refractivity (Wildman–Crippen MR) is 52.9 cm³/mol. The lowest BCUT2D eigenvalue weighted by molar-refractivity contribution is 0.687. The van der Waals surface area contributed by atoms with Crippen molar-refractivity contribution in [2.24, 2.45) is 0 Å². The topological polar surface area (TPSA) is 29.1 Å². The van der Waals surface area contributed by atoms with E-state index in [1.807, 2.05) is 31.2 Å². The highest BCUT2D eigenvalue weighted by Crippen LogP contribution is 2.17. The van der Waals surface area contributed by atoms with E-state index in [1.165, 1.54) is 0 Å². The first-order chi connectivity index (χ1) is 5.75. The second kappa shape index (κ2) is 4.26. The van der Waals surface area contributed by atoms with Crippen molar-refractivity contribution in [2.75, 3.05) is 18.1 Å². The van der Waals surface area contributed by atoms with Crippen LogP contribution in [-0.4, -0.2) is 17.0 Å². The maximum absolute atomic E-state index is 11.2. The van der Waals surface area contributed by atoms with Crippen LogP contribution in [0.3, 0.4) is 0 Å². The van der Waals surface area contributed by atoms with E-state index in [4.69, 9.17) is 0 Å². The molecule has 66 valence electrons. The molecule has 12 heavy (non-hydrogen) atoms. The molecule has 0 spiro atoms. The molecule has 0 aromatic heterocycles. The number of nitrogens with one attached hydrogen (secondary N) is 1. The van der Waals surface area contributed by atoms with Gasteiger partial charge in [0.05, 0.1) is 21.4 Å². The molecule has 0 bridgehead atoms. The summed E-state index contributed by atoms with van der Waals surface area (Å²) in [5, 5.41) is 3.16. The van der Waals surface area contributed by atoms with Crippen molar-refractivity contribution in [3.63, 3.8) is 0 Å². The van der Waals surface area contributed by atoms with Crippen LogP contribution >= 0.6 is 0 Å². The minimum atomic E-state index is -0.904. The van der Waals surface area contributed by atoms with Crippen molar-refractivity contribution in [3.05, 3.63) is 24.3 Å². The summed E-state index contributed by atoms with van der Waals surface area (Å²) in [6.45, 7) is 2.88. The highest BCUT2D eigenvalue weighted by molar-refractivity contribution is 7.84. The summed E-state index contributed by atoms with van der Waals surface area (Å²) in [4.78, 5) is 0.874. The number of hydrogen-bond acceptors (Lipinski definition) is 2. The highest BCUT2D eigenvalue weighted by Gasteiger charge is 2.02. The molecule has 0 saturated carbocycles. The Morgan fingerprint density at radius 3 is 2.67 bits per heavy atom. The van der Waals surface area contributed by atoms with E-state index in [0.29, 0.717) is 0 Å². The van der Waals surface area contributed by atoms with Gasteiger partial charge in [-0.3, -0.25) is 4.21 Å². The Balaban J connectivity index is 3.00. The Morgan fingerprint density at radius 2 is 2.08 bits per heavy atom. The Morgan fingerprint density at radius 1 is 1.42 bits per heavy atom. The molecule has 0 fully saturated rings. The molecule has 1 aromatic carbocycles. The summed E-state index contributed by atoms with van der Waals surface area (Å²) in [5.41, 5.74) is 0.973. The molecule has 0 aliphatic heterocycles. The quantitative estimate of drug-likeness (QED) is 0.775. The molecule has 1 rings (SSSR count). The van der Waals surface area contributed by atoms with E-state index in [0.717, 1.165) is 17.1 Å². The number of rotatable bonds is 3. The normalized spacial score (nSPS) is 12.5. The van der Waals surface area contributed by atoms with Gasteiger partial charge in [0.15, 0.2) is 0 Å². The minimum absolute atomic E-state index is 0.855. The molecule has 1 aromatic rings. The van der Waals surface area contributed by atoms with E-state index < -0.39 is 10.8 Å². The van der Waals surface area contributed by atoms with Crippen LogP contribution in [-0.2, 0) is 10.8 Å². The Hall–Kier alpha value is -0.830. The lowest BCUT2D eigenvalue weighted by Crippen LogP contribution is -2.01. The molecular formula is C9H13NOS. The zero-order valence-corrected chi connectivity index (χ0v) is 8.15. The average molecular weight is 183 g/mol. The molecule has 1 unspecified atom stereocenters. The van der Waals surface area contributed by atoms with Crippen LogP contribution < -0.4 is 5.32 Å². The molecule has 3 heteroatoms. The fraction of sp³-hybridized carbons (Fsp3) is 0.333. The van der Waals surface area contributed by atoms with Crippen LogP contribution in [0.1, 0.15) is 6.92 Å². The fourth-order valence-electron chi connectivity index (χ4n) is 1.05. The standard InChI is InChI=1S/C9H13NOS/c1-3-10-8-6-4-5-7-9(8)12(2)11/h4-7,10H,3H2,1-2H3. The maximum Gasteiger partial charge on any atom is 0.0616 e. The van der Waals surface area contributed by atoms with Crippen LogP contribution in [0, 0.1) is 0 Å². The molecule has 0 aliphatic rings. The van der Waals surface area contributed by atoms with Crippen LogP contribution in [0.4, 0.5) is 5.69 Å². The van der Waals surface area contributed by atoms with Crippen molar-refractivity contribution >= 4 is 16.5 Å². The van der Waals surface area contributed by atoms with Crippen molar-refractivity contribution in [2.45, 2.75) is 11.8 Å². The van der Waals surface area contributed by atoms with Crippen LogP contribution in [0.5, 0.6) is 0 Å². The van der Waals surface area contributed by atoms with Crippen LogP contribution in [0.15, 0.2) is 29.2 Å². The summed E-state index contributed by atoms with van der Waals surface area (Å²) >= 11 is 0. The summed E-state index contributed by atoms with van der Waals surface area (Å²) < 4.78 is 11.2. The summed E-state index contributed by atoms with van der Waals surface area (Å²) in [5.74, 6) is 0. The lowest BCUT2D eigenvalue weighted by Gasteiger charge is -2.07. The largest absolute Gasteiger partial charge is 0.384 e. The average Bonchev–Trinajstić information content (AvgIpc) is 2.05. The van der Waals surface area contributed by atoms with Gasteiger partial charge in [-0.05, 0) is 19.1 Å². The van der Waals surface area contributed by atoms with E-state index in [1.54, 1.807) is 6.26 Å². The Labute approximate surface area is 75.5 Å². The third-order valence-electron chi connectivity index (χ3n) is 1.56. The number of hydrogen-bond donors (Lipinski definition) is 1. The molecule has 0 saturated heterocycles. The molecule has 1 N–H and O–H groups in total. The van der Waals surface area contributed by atoms with Gasteiger partial charge in [-0.1, -0.05) is 12.1 Å². The van der Waals surface area contributed by atoms with E-state index >= 15 is 0 Å². The van der Waals surface area contributed by atoms with Gasteiger partial charge in [-0.25, -0.2) is 0 Å². The molecule has 0 amide bonds. The van der Waals surface area contributed by atoms with Crippen molar-refractivity contribution in [1.29, 1.82) is 0 Å². The summed E-state index contributed by atoms with van der Waals surface area (Å²) in [6, 6.07) is 7.67. The third-order valence-corrected chi connectivity index (χ3v) is 2.54. The Bertz CT molecular complexity index is 286. The molecule has 0 radical (unpaired) electrons. The van der Waals surface area contributed by atoms with E-state index in [-0.39, 0.29) is 0 Å². The zero-order valence-electron chi connectivity index (χ0n) is 7.33. The predicted octanol–water partition coefficient (Wildman–Crippen LogP) is 1.86. The van der Waals surface area contributed by atoms with Gasteiger partial charge < -0.3 is 5.32 Å². The SMILES string of the molecule is CCNc1ccccc1S(C)=O. The van der Waals surface area contributed by atoms with Gasteiger partial charge in [0.2, 0.25) is 0 Å². The van der Waals surface area contributed by atoms with Crippen LogP contribution in [0.25, 0.3) is 0 Å². The van der Waals surface area contributed by atoms with Crippen molar-refractivity contribution < 1.29 is 4.21 Å². The first kappa shape index (κ1) is 9.26. The third kappa shape index (κ3) is 2.08. The van der Waals surface area contributed by atoms with Gasteiger partial charge in [0.1, 0.15) is 0 Å². The Kier molecular flexibility index (Phi) is 3.29. The number of benzene rings is 1. The van der Waals surface area contributed by atoms with Gasteiger partial charge in [-0.15, -0.1) is 0 Å². The number of anilines is 1.